The van der Waals surface area contributed by atoms with Gasteiger partial charge in [0.05, 0.1) is 0 Å². The first kappa shape index (κ1) is 31.6. The first-order valence-corrected chi connectivity index (χ1v) is 17.9. The van der Waals surface area contributed by atoms with E-state index in [-0.39, 0.29) is 25.9 Å². The summed E-state index contributed by atoms with van der Waals surface area (Å²) >= 11 is 1.82. The maximum atomic E-state index is 9.88. The summed E-state index contributed by atoms with van der Waals surface area (Å²) in [5.41, 5.74) is 0.257. The molecule has 0 saturated heterocycles. The summed E-state index contributed by atoms with van der Waals surface area (Å²) in [6.45, 7) is 19.9. The fourth-order valence-corrected chi connectivity index (χ4v) is 9.60. The van der Waals surface area contributed by atoms with Crippen LogP contribution in [0.1, 0.15) is 100 Å². The summed E-state index contributed by atoms with van der Waals surface area (Å²) in [6, 6.07) is 12.8. The fraction of sp³-hybridized carbons (Fsp3) is 0.444. The molecule has 0 N–H and O–H groups in total. The van der Waals surface area contributed by atoms with Gasteiger partial charge in [0.25, 0.3) is 0 Å². The number of benzene rings is 2. The van der Waals surface area contributed by atoms with Crippen molar-refractivity contribution in [1.82, 2.24) is 0 Å². The van der Waals surface area contributed by atoms with Crippen molar-refractivity contribution in [3.63, 3.8) is 0 Å². The summed E-state index contributed by atoms with van der Waals surface area (Å²) < 4.78 is 3.64. The molecule has 0 unspecified atom stereocenters. The van der Waals surface area contributed by atoms with Crippen LogP contribution in [0.5, 0.6) is 0 Å². The van der Waals surface area contributed by atoms with Crippen LogP contribution in [0.2, 0.25) is 0 Å². The third-order valence-corrected chi connectivity index (χ3v) is 11.8. The van der Waals surface area contributed by atoms with Gasteiger partial charge in [-0.25, -0.2) is 0 Å². The van der Waals surface area contributed by atoms with Gasteiger partial charge in [0.2, 0.25) is 0 Å². The molecule has 4 rings (SSSR count). The predicted molar refractivity (Wildman–Crippen MR) is 178 cm³/mol. The number of nitrogens with zero attached hydrogens (tertiary/aromatic N) is 4. The number of hydrogen-bond donors (Lipinski definition) is 0. The number of aryl methyl sites for hydroxylation is 2. The van der Waals surface area contributed by atoms with Crippen molar-refractivity contribution in [2.75, 3.05) is 0 Å². The predicted octanol–water partition coefficient (Wildman–Crippen LogP) is 9.17. The molecule has 0 bridgehead atoms. The van der Waals surface area contributed by atoms with Crippen molar-refractivity contribution in [2.45, 2.75) is 104 Å². The Labute approximate surface area is 260 Å². The molecular formula is C36H38N4SSe. The van der Waals surface area contributed by atoms with Crippen LogP contribution in [-0.2, 0) is 12.8 Å². The minimum atomic E-state index is 0.0735. The van der Waals surface area contributed by atoms with Crippen molar-refractivity contribution in [1.29, 1.82) is 10.5 Å². The van der Waals surface area contributed by atoms with E-state index in [0.717, 1.165) is 57.1 Å². The second-order valence-electron chi connectivity index (χ2n) is 11.0. The molecule has 6 heteroatoms. The van der Waals surface area contributed by atoms with Crippen LogP contribution < -0.4 is 10.4 Å². The monoisotopic (exact) mass is 638 g/mol. The van der Waals surface area contributed by atoms with Gasteiger partial charge in [-0.3, -0.25) is 0 Å². The van der Waals surface area contributed by atoms with Gasteiger partial charge in [-0.15, -0.1) is 0 Å². The summed E-state index contributed by atoms with van der Waals surface area (Å²) in [5, 5.41) is 25.2. The van der Waals surface area contributed by atoms with Crippen LogP contribution in [0, 0.1) is 35.8 Å². The van der Waals surface area contributed by atoms with E-state index in [0.29, 0.717) is 5.22 Å². The van der Waals surface area contributed by atoms with Gasteiger partial charge >= 0.3 is 248 Å². The summed E-state index contributed by atoms with van der Waals surface area (Å²) in [7, 11) is 0. The van der Waals surface area contributed by atoms with Gasteiger partial charge in [-0.1, -0.05) is 13.3 Å². The molecule has 0 aliphatic heterocycles. The molecule has 0 amide bonds. The zero-order chi connectivity index (χ0) is 29.9. The second-order valence-corrected chi connectivity index (χ2v) is 14.6. The molecule has 0 aliphatic carbocycles. The molecule has 2 aromatic carbocycles. The standard InChI is InChI=1S/C36H38N4SSe/c1-5-7-9-11-13-15-17-25-19-29-27(33(23-37)39-3)22-32-30(35(29)41-25)21-28(34(24-38)40-4)31-20-26(42-36(31)32)18-16-14-12-10-8-6-2/h19-22H,5-18H2,1-2H3/b33-27-,34-28+. The molecule has 42 heavy (non-hydrogen) atoms. The van der Waals surface area contributed by atoms with Crippen LogP contribution >= 0.6 is 11.3 Å². The Morgan fingerprint density at radius 3 is 1.83 bits per heavy atom. The Morgan fingerprint density at radius 2 is 1.24 bits per heavy atom. The van der Waals surface area contributed by atoms with Gasteiger partial charge in [-0.2, -0.15) is 0 Å². The molecule has 214 valence electrons. The third-order valence-electron chi connectivity index (χ3n) is 8.00. The third kappa shape index (κ3) is 7.15. The van der Waals surface area contributed by atoms with E-state index in [9.17, 15) is 10.5 Å². The van der Waals surface area contributed by atoms with Crippen LogP contribution in [-0.4, -0.2) is 14.5 Å². The second kappa shape index (κ2) is 15.7. The molecule has 0 radical (unpaired) electrons. The Hall–Kier alpha value is -3.38. The number of unbranched alkanes of at least 4 members (excludes halogenated alkanes) is 10. The van der Waals surface area contributed by atoms with Gasteiger partial charge in [0.1, 0.15) is 0 Å². The van der Waals surface area contributed by atoms with Gasteiger partial charge < -0.3 is 0 Å². The van der Waals surface area contributed by atoms with E-state index in [1.807, 2.05) is 12.1 Å². The molecule has 2 heterocycles. The van der Waals surface area contributed by atoms with Crippen LogP contribution in [0.4, 0.5) is 0 Å². The van der Waals surface area contributed by atoms with Gasteiger partial charge in [0.15, 0.2) is 0 Å². The first-order chi connectivity index (χ1) is 20.6. The zero-order valence-corrected chi connectivity index (χ0v) is 27.3. The van der Waals surface area contributed by atoms with Crippen LogP contribution in [0.25, 0.3) is 51.6 Å². The molecule has 0 spiro atoms. The van der Waals surface area contributed by atoms with E-state index < -0.39 is 0 Å². The average molecular weight is 638 g/mol. The van der Waals surface area contributed by atoms with Crippen molar-refractivity contribution < 1.29 is 0 Å². The molecular weight excluding hydrogens is 599 g/mol. The Morgan fingerprint density at radius 1 is 0.690 bits per heavy atom. The van der Waals surface area contributed by atoms with Crippen molar-refractivity contribution in [3.8, 4) is 12.1 Å². The summed E-state index contributed by atoms with van der Waals surface area (Å²) in [6.07, 6.45) is 16.9. The zero-order valence-electron chi connectivity index (χ0n) is 24.8. The van der Waals surface area contributed by atoms with E-state index in [1.165, 1.54) is 77.8 Å². The average Bonchev–Trinajstić information content (AvgIpc) is 3.63. The molecule has 4 aromatic rings. The van der Waals surface area contributed by atoms with Crippen LogP contribution in [0.15, 0.2) is 24.3 Å². The molecule has 0 aliphatic rings. The van der Waals surface area contributed by atoms with Crippen LogP contribution in [0.3, 0.4) is 0 Å². The molecule has 4 nitrogen and oxygen atoms in total. The number of thiophene rings is 1. The normalized spacial score (nSPS) is 12.6. The number of nitriles is 2. The Balaban J connectivity index is 1.88. The fourth-order valence-electron chi connectivity index (χ4n) is 5.75. The van der Waals surface area contributed by atoms with Crippen molar-refractivity contribution in [2.24, 2.45) is 0 Å². The first-order valence-electron chi connectivity index (χ1n) is 15.3. The number of rotatable bonds is 14. The molecule has 0 saturated carbocycles. The van der Waals surface area contributed by atoms with Gasteiger partial charge in [-0.05, 0) is 0 Å². The summed E-state index contributed by atoms with van der Waals surface area (Å²) in [4.78, 5) is 8.50. The van der Waals surface area contributed by atoms with Gasteiger partial charge in [0, 0.05) is 0 Å². The number of fused-ring (bicyclic) bond motifs is 5. The van der Waals surface area contributed by atoms with E-state index in [4.69, 9.17) is 13.1 Å². The molecule has 0 fully saturated rings. The maximum absolute atomic E-state index is 9.88. The molecule has 2 aromatic heterocycles. The summed E-state index contributed by atoms with van der Waals surface area (Å²) in [5.74, 6) is 0. The quantitative estimate of drug-likeness (QED) is 0.0787. The SMILES string of the molecule is [C-]#[N+]/C(C#N)=c1/cc2c(c/c(=C(/C#N)[N+]#[C-])c3cc(CCCCCCCC)[se]c32)c2sc(CCCCCCCC)cc12. The topological polar surface area (TPSA) is 56.3 Å². The van der Waals surface area contributed by atoms with E-state index in [1.54, 1.807) is 11.3 Å². The number of hydrogen-bond acceptors (Lipinski definition) is 3. The molecule has 0 atom stereocenters. The van der Waals surface area contributed by atoms with Crippen molar-refractivity contribution in [3.05, 3.63) is 66.9 Å². The van der Waals surface area contributed by atoms with E-state index in [2.05, 4.69) is 47.8 Å². The van der Waals surface area contributed by atoms with E-state index >= 15 is 0 Å². The Bertz CT molecular complexity index is 1690. The Kier molecular flexibility index (Phi) is 11.8. The minimum absolute atomic E-state index is 0.0735. The van der Waals surface area contributed by atoms with Crippen molar-refractivity contribution >= 4 is 67.7 Å².